The van der Waals surface area contributed by atoms with E-state index in [0.717, 1.165) is 0 Å². The van der Waals surface area contributed by atoms with Gasteiger partial charge in [-0.05, 0) is 6.92 Å². The Bertz CT molecular complexity index is 326. The maximum atomic E-state index is 10.0. The molecule has 9 heteroatoms. The van der Waals surface area contributed by atoms with Gasteiger partial charge < -0.3 is 25.0 Å². The van der Waals surface area contributed by atoms with Crippen molar-refractivity contribution in [1.29, 1.82) is 5.41 Å². The predicted molar refractivity (Wildman–Crippen MR) is 72.3 cm³/mol. The highest BCUT2D eigenvalue weighted by Crippen LogP contribution is 2.12. The molecular formula is C11H22N4O5. The zero-order valence-electron chi connectivity index (χ0n) is 11.6. The van der Waals surface area contributed by atoms with Crippen LogP contribution in [0.5, 0.6) is 0 Å². The van der Waals surface area contributed by atoms with E-state index in [1.54, 1.807) is 14.0 Å². The molecule has 1 amide bonds. The van der Waals surface area contributed by atoms with E-state index in [2.05, 4.69) is 10.3 Å². The molecule has 2 unspecified atom stereocenters. The van der Waals surface area contributed by atoms with Crippen molar-refractivity contribution < 1.29 is 24.9 Å². The van der Waals surface area contributed by atoms with Crippen LogP contribution in [0.4, 0.5) is 0 Å². The molecule has 0 radical (unpaired) electrons. The summed E-state index contributed by atoms with van der Waals surface area (Å²) < 4.78 is 5.42. The van der Waals surface area contributed by atoms with Crippen molar-refractivity contribution in [2.45, 2.75) is 19.1 Å². The summed E-state index contributed by atoms with van der Waals surface area (Å²) in [4.78, 5) is 15.2. The Morgan fingerprint density at radius 2 is 2.15 bits per heavy atom. The number of carbonyl (C=O) groups excluding carboxylic acids is 1. The Labute approximate surface area is 117 Å². The molecule has 0 rings (SSSR count). The van der Waals surface area contributed by atoms with E-state index in [-0.39, 0.29) is 19.3 Å². The number of nitrogens with zero attached hydrogens (tertiary/aromatic N) is 2. The van der Waals surface area contributed by atoms with Gasteiger partial charge in [0.15, 0.2) is 0 Å². The standard InChI is InChI=1S/C11H22N4O5/c1-8(9(3-16)10(19)4-17)20-7-15(2)5-13-11(12)14-6-18/h5-6,8-10,16-17,19H,3-4,7H2,1-2H3,(H2,12,14,18)/t8?,9-,10?/m0/s1. The number of ether oxygens (including phenoxy) is 1. The summed E-state index contributed by atoms with van der Waals surface area (Å²) in [5.41, 5.74) is 0. The van der Waals surface area contributed by atoms with Crippen LogP contribution in [0.1, 0.15) is 6.92 Å². The Hall–Kier alpha value is -1.55. The molecule has 0 aliphatic heterocycles. The molecule has 20 heavy (non-hydrogen) atoms. The van der Waals surface area contributed by atoms with Crippen LogP contribution >= 0.6 is 0 Å². The van der Waals surface area contributed by atoms with E-state index in [9.17, 15) is 9.90 Å². The molecule has 5 N–H and O–H groups in total. The number of carbonyl (C=O) groups is 1. The van der Waals surface area contributed by atoms with Crippen molar-refractivity contribution in [3.05, 3.63) is 0 Å². The maximum Gasteiger partial charge on any atom is 0.223 e. The fourth-order valence-corrected chi connectivity index (χ4v) is 1.36. The lowest BCUT2D eigenvalue weighted by molar-refractivity contribution is -0.108. The smallest absolute Gasteiger partial charge is 0.223 e. The molecule has 0 aliphatic rings. The van der Waals surface area contributed by atoms with E-state index in [1.807, 2.05) is 0 Å². The van der Waals surface area contributed by atoms with Gasteiger partial charge in [0.2, 0.25) is 12.4 Å². The van der Waals surface area contributed by atoms with Crippen molar-refractivity contribution >= 4 is 18.7 Å². The van der Waals surface area contributed by atoms with Crippen LogP contribution in [0.2, 0.25) is 0 Å². The van der Waals surface area contributed by atoms with E-state index < -0.39 is 24.7 Å². The fourth-order valence-electron chi connectivity index (χ4n) is 1.36. The molecular weight excluding hydrogens is 268 g/mol. The van der Waals surface area contributed by atoms with Gasteiger partial charge in [0.05, 0.1) is 31.8 Å². The Morgan fingerprint density at radius 3 is 2.65 bits per heavy atom. The number of aliphatic hydroxyl groups is 3. The van der Waals surface area contributed by atoms with E-state index in [0.29, 0.717) is 6.41 Å². The van der Waals surface area contributed by atoms with E-state index >= 15 is 0 Å². The lowest BCUT2D eigenvalue weighted by Crippen LogP contribution is -2.38. The first-order valence-corrected chi connectivity index (χ1v) is 6.00. The third-order valence-corrected chi connectivity index (χ3v) is 2.62. The van der Waals surface area contributed by atoms with Gasteiger partial charge in [0, 0.05) is 13.0 Å². The Kier molecular flexibility index (Phi) is 9.47. The van der Waals surface area contributed by atoms with Crippen LogP contribution in [0, 0.1) is 11.3 Å². The monoisotopic (exact) mass is 290 g/mol. The van der Waals surface area contributed by atoms with Gasteiger partial charge in [0.25, 0.3) is 0 Å². The van der Waals surface area contributed by atoms with Gasteiger partial charge in [-0.2, -0.15) is 0 Å². The first kappa shape index (κ1) is 18.4. The number of amides is 1. The van der Waals surface area contributed by atoms with Gasteiger partial charge >= 0.3 is 0 Å². The minimum Gasteiger partial charge on any atom is -0.396 e. The van der Waals surface area contributed by atoms with Crippen molar-refractivity contribution in [1.82, 2.24) is 10.2 Å². The molecule has 0 saturated heterocycles. The SMILES string of the molecule is CC(OCN(C)C=NC(=N)NC=O)[C@H](CO)C(O)CO. The first-order valence-electron chi connectivity index (χ1n) is 6.00. The highest BCUT2D eigenvalue weighted by Gasteiger charge is 2.24. The number of hydrogen-bond acceptors (Lipinski definition) is 6. The molecule has 3 atom stereocenters. The maximum absolute atomic E-state index is 10.0. The molecule has 0 aromatic rings. The van der Waals surface area contributed by atoms with Crippen molar-refractivity contribution in [2.24, 2.45) is 10.9 Å². The molecule has 0 fully saturated rings. The van der Waals surface area contributed by atoms with Gasteiger partial charge in [0.1, 0.15) is 6.73 Å². The number of guanidine groups is 1. The molecule has 116 valence electrons. The van der Waals surface area contributed by atoms with Crippen LogP contribution in [-0.4, -0.2) is 78.1 Å². The van der Waals surface area contributed by atoms with Crippen molar-refractivity contribution in [2.75, 3.05) is 27.0 Å². The first-order chi connectivity index (χ1) is 9.46. The van der Waals surface area contributed by atoms with Gasteiger partial charge in [-0.15, -0.1) is 0 Å². The van der Waals surface area contributed by atoms with Crippen LogP contribution in [0.25, 0.3) is 0 Å². The van der Waals surface area contributed by atoms with Crippen LogP contribution in [0.3, 0.4) is 0 Å². The highest BCUT2D eigenvalue weighted by atomic mass is 16.5. The zero-order chi connectivity index (χ0) is 15.5. The molecule has 9 nitrogen and oxygen atoms in total. The second kappa shape index (κ2) is 10.3. The quantitative estimate of drug-likeness (QED) is 0.143. The number of nitrogens with one attached hydrogen (secondary N) is 2. The molecule has 0 spiro atoms. The highest BCUT2D eigenvalue weighted by molar-refractivity contribution is 5.91. The van der Waals surface area contributed by atoms with Crippen LogP contribution in [0.15, 0.2) is 4.99 Å². The molecule has 0 aromatic carbocycles. The van der Waals surface area contributed by atoms with E-state index in [4.69, 9.17) is 20.4 Å². The minimum absolute atomic E-state index is 0.105. The van der Waals surface area contributed by atoms with Gasteiger partial charge in [-0.25, -0.2) is 4.99 Å². The normalized spacial score (nSPS) is 15.7. The molecule has 0 saturated carbocycles. The summed E-state index contributed by atoms with van der Waals surface area (Å²) in [6, 6.07) is 0. The van der Waals surface area contributed by atoms with E-state index in [1.165, 1.54) is 11.2 Å². The number of hydrogen-bond donors (Lipinski definition) is 5. The number of rotatable bonds is 9. The summed E-state index contributed by atoms with van der Waals surface area (Å²) in [6.45, 7) is 1.01. The topological polar surface area (TPSA) is 138 Å². The lowest BCUT2D eigenvalue weighted by atomic mass is 9.98. The summed E-state index contributed by atoms with van der Waals surface area (Å²) in [6.07, 6.45) is 0.104. The van der Waals surface area contributed by atoms with Crippen molar-refractivity contribution in [3.63, 3.8) is 0 Å². The average molecular weight is 290 g/mol. The summed E-state index contributed by atoms with van der Waals surface area (Å²) >= 11 is 0. The van der Waals surface area contributed by atoms with Crippen molar-refractivity contribution in [3.8, 4) is 0 Å². The lowest BCUT2D eigenvalue weighted by Gasteiger charge is -2.27. The Morgan fingerprint density at radius 1 is 1.50 bits per heavy atom. The van der Waals surface area contributed by atoms with Crippen LogP contribution < -0.4 is 5.32 Å². The second-order valence-electron chi connectivity index (χ2n) is 4.21. The molecule has 0 bridgehead atoms. The largest absolute Gasteiger partial charge is 0.396 e. The minimum atomic E-state index is -1.06. The second-order valence-corrected chi connectivity index (χ2v) is 4.21. The summed E-state index contributed by atoms with van der Waals surface area (Å²) in [7, 11) is 1.64. The average Bonchev–Trinajstić information content (AvgIpc) is 2.43. The Balaban J connectivity index is 4.19. The summed E-state index contributed by atoms with van der Waals surface area (Å²) in [5, 5.41) is 36.7. The van der Waals surface area contributed by atoms with Gasteiger partial charge in [-0.1, -0.05) is 0 Å². The zero-order valence-corrected chi connectivity index (χ0v) is 11.6. The van der Waals surface area contributed by atoms with Crippen LogP contribution in [-0.2, 0) is 9.53 Å². The molecule has 0 aliphatic carbocycles. The van der Waals surface area contributed by atoms with Gasteiger partial charge in [-0.3, -0.25) is 15.5 Å². The number of aliphatic hydroxyl groups excluding tert-OH is 3. The predicted octanol–water partition coefficient (Wildman–Crippen LogP) is -2.05. The fraction of sp³-hybridized carbons (Fsp3) is 0.727. The third kappa shape index (κ3) is 7.14. The number of aliphatic imine (C=N–C) groups is 1. The third-order valence-electron chi connectivity index (χ3n) is 2.62. The molecule has 0 aromatic heterocycles. The molecule has 0 heterocycles. The summed E-state index contributed by atoms with van der Waals surface area (Å²) in [5.74, 6) is -0.899.